The molecule has 33 heavy (non-hydrogen) atoms. The third-order valence-corrected chi connectivity index (χ3v) is 6.17. The van der Waals surface area contributed by atoms with Crippen LogP contribution in [0.15, 0.2) is 41.4 Å². The third kappa shape index (κ3) is 5.85. The van der Waals surface area contributed by atoms with E-state index in [1.165, 1.54) is 0 Å². The van der Waals surface area contributed by atoms with Crippen molar-refractivity contribution in [3.63, 3.8) is 0 Å². The standard InChI is InChI=1S/C25H30ClN5O2/c1-15(2)10-11-27-24(33)18-4-3-5-21(22(18)26)30-20-9-8-17(14-19(20)16-6-7-16)23(32)31-25-28-12-13-29-25/h3-5,8-9,14-16,30H,6-7,10-13H2,1-2H3,(H,27,33)(H2,28,29,31,32). The second kappa shape index (κ2) is 10.3. The first-order valence-corrected chi connectivity index (χ1v) is 11.9. The number of halogens is 1. The Morgan fingerprint density at radius 1 is 1.12 bits per heavy atom. The Kier molecular flexibility index (Phi) is 7.18. The summed E-state index contributed by atoms with van der Waals surface area (Å²) in [4.78, 5) is 29.4. The summed E-state index contributed by atoms with van der Waals surface area (Å²) in [6.07, 6.45) is 3.07. The molecule has 4 N–H and O–H groups in total. The number of anilines is 2. The fourth-order valence-corrected chi connectivity index (χ4v) is 3.99. The van der Waals surface area contributed by atoms with Gasteiger partial charge < -0.3 is 21.3 Å². The average molecular weight is 468 g/mol. The number of aliphatic imine (C=N–C) groups is 1. The van der Waals surface area contributed by atoms with Crippen molar-refractivity contribution in [3.8, 4) is 0 Å². The number of guanidine groups is 1. The second-order valence-electron chi connectivity index (χ2n) is 8.93. The van der Waals surface area contributed by atoms with Crippen LogP contribution < -0.4 is 21.3 Å². The Bertz CT molecular complexity index is 1070. The number of nitrogens with one attached hydrogen (secondary N) is 4. The average Bonchev–Trinajstić information content (AvgIpc) is 3.51. The molecule has 2 aromatic carbocycles. The Labute approximate surface area is 199 Å². The van der Waals surface area contributed by atoms with Gasteiger partial charge in [0.15, 0.2) is 5.96 Å². The van der Waals surface area contributed by atoms with Crippen LogP contribution in [0, 0.1) is 5.92 Å². The number of amides is 2. The van der Waals surface area contributed by atoms with E-state index in [2.05, 4.69) is 40.1 Å². The summed E-state index contributed by atoms with van der Waals surface area (Å²) in [6.45, 7) is 6.38. The topological polar surface area (TPSA) is 94.6 Å². The Hall–Kier alpha value is -3.06. The van der Waals surface area contributed by atoms with Crippen LogP contribution in [0.1, 0.15) is 65.3 Å². The van der Waals surface area contributed by atoms with Gasteiger partial charge in [-0.05, 0) is 67.0 Å². The van der Waals surface area contributed by atoms with Crippen molar-refractivity contribution in [1.82, 2.24) is 16.0 Å². The molecular formula is C25H30ClN5O2. The van der Waals surface area contributed by atoms with E-state index in [0.717, 1.165) is 43.6 Å². The summed E-state index contributed by atoms with van der Waals surface area (Å²) in [7, 11) is 0. The lowest BCUT2D eigenvalue weighted by Gasteiger charge is -2.16. The molecule has 1 aliphatic carbocycles. The highest BCUT2D eigenvalue weighted by atomic mass is 35.5. The SMILES string of the molecule is CC(C)CCNC(=O)c1cccc(Nc2ccc(C(=O)N=C3NCCN3)cc2C2CC2)c1Cl. The lowest BCUT2D eigenvalue weighted by molar-refractivity contribution is 0.0951. The van der Waals surface area contributed by atoms with Crippen molar-refractivity contribution in [3.05, 3.63) is 58.1 Å². The molecule has 2 aromatic rings. The van der Waals surface area contributed by atoms with Crippen molar-refractivity contribution < 1.29 is 9.59 Å². The molecule has 8 heteroatoms. The van der Waals surface area contributed by atoms with Crippen molar-refractivity contribution >= 4 is 40.7 Å². The van der Waals surface area contributed by atoms with Crippen molar-refractivity contribution in [2.24, 2.45) is 10.9 Å². The van der Waals surface area contributed by atoms with Crippen molar-refractivity contribution in [2.75, 3.05) is 25.0 Å². The summed E-state index contributed by atoms with van der Waals surface area (Å²) in [5.74, 6) is 0.975. The molecule has 4 rings (SSSR count). The maximum Gasteiger partial charge on any atom is 0.280 e. The molecule has 174 valence electrons. The van der Waals surface area contributed by atoms with E-state index in [9.17, 15) is 9.59 Å². The normalized spacial score (nSPS) is 15.1. The molecule has 2 fully saturated rings. The van der Waals surface area contributed by atoms with Crippen LogP contribution in [0.3, 0.4) is 0 Å². The zero-order chi connectivity index (χ0) is 23.4. The monoisotopic (exact) mass is 467 g/mol. The van der Waals surface area contributed by atoms with E-state index in [1.807, 2.05) is 24.3 Å². The highest BCUT2D eigenvalue weighted by Gasteiger charge is 2.27. The second-order valence-corrected chi connectivity index (χ2v) is 9.30. The van der Waals surface area contributed by atoms with Gasteiger partial charge in [-0.15, -0.1) is 0 Å². The molecule has 2 aliphatic rings. The third-order valence-electron chi connectivity index (χ3n) is 5.76. The number of hydrogen-bond acceptors (Lipinski definition) is 3. The van der Waals surface area contributed by atoms with Gasteiger partial charge in [-0.3, -0.25) is 9.59 Å². The van der Waals surface area contributed by atoms with Gasteiger partial charge >= 0.3 is 0 Å². The molecule has 0 atom stereocenters. The molecule has 1 heterocycles. The van der Waals surface area contributed by atoms with Crippen LogP contribution >= 0.6 is 11.6 Å². The fourth-order valence-electron chi connectivity index (χ4n) is 3.73. The van der Waals surface area contributed by atoms with Gasteiger partial charge in [0.05, 0.1) is 16.3 Å². The van der Waals surface area contributed by atoms with Crippen molar-refractivity contribution in [2.45, 2.75) is 39.0 Å². The molecule has 0 unspecified atom stereocenters. The first-order valence-electron chi connectivity index (χ1n) is 11.5. The van der Waals surface area contributed by atoms with Gasteiger partial charge in [0.25, 0.3) is 11.8 Å². The van der Waals surface area contributed by atoms with Crippen LogP contribution in [-0.4, -0.2) is 37.4 Å². The van der Waals surface area contributed by atoms with Crippen LogP contribution in [0.5, 0.6) is 0 Å². The van der Waals surface area contributed by atoms with E-state index >= 15 is 0 Å². The summed E-state index contributed by atoms with van der Waals surface area (Å²) >= 11 is 6.61. The van der Waals surface area contributed by atoms with Crippen molar-refractivity contribution in [1.29, 1.82) is 0 Å². The predicted octanol–water partition coefficient (Wildman–Crippen LogP) is 4.43. The van der Waals surface area contributed by atoms with Gasteiger partial charge in [-0.2, -0.15) is 4.99 Å². The van der Waals surface area contributed by atoms with Gasteiger partial charge in [0, 0.05) is 30.9 Å². The van der Waals surface area contributed by atoms with Crippen LogP contribution in [0.4, 0.5) is 11.4 Å². The first kappa shape index (κ1) is 23.1. The van der Waals surface area contributed by atoms with Gasteiger partial charge in [0.1, 0.15) is 0 Å². The maximum absolute atomic E-state index is 12.6. The number of hydrogen-bond donors (Lipinski definition) is 4. The molecule has 1 saturated heterocycles. The molecule has 0 aromatic heterocycles. The minimum absolute atomic E-state index is 0.180. The maximum atomic E-state index is 12.6. The molecular weight excluding hydrogens is 438 g/mol. The number of benzene rings is 2. The van der Waals surface area contributed by atoms with E-state index in [1.54, 1.807) is 12.1 Å². The summed E-state index contributed by atoms with van der Waals surface area (Å²) in [5, 5.41) is 12.8. The lowest BCUT2D eigenvalue weighted by atomic mass is 10.0. The molecule has 0 spiro atoms. The zero-order valence-electron chi connectivity index (χ0n) is 19.0. The van der Waals surface area contributed by atoms with Gasteiger partial charge in [-0.25, -0.2) is 0 Å². The van der Waals surface area contributed by atoms with Crippen LogP contribution in [0.25, 0.3) is 0 Å². The van der Waals surface area contributed by atoms with E-state index < -0.39 is 0 Å². The van der Waals surface area contributed by atoms with Crippen LogP contribution in [0.2, 0.25) is 5.02 Å². The number of rotatable bonds is 8. The molecule has 7 nitrogen and oxygen atoms in total. The Balaban J connectivity index is 1.53. The number of nitrogens with zero attached hydrogens (tertiary/aromatic N) is 1. The molecule has 1 saturated carbocycles. The number of carbonyl (C=O) groups is 2. The highest BCUT2D eigenvalue weighted by Crippen LogP contribution is 2.45. The highest BCUT2D eigenvalue weighted by molar-refractivity contribution is 6.36. The largest absolute Gasteiger partial charge is 0.354 e. The summed E-state index contributed by atoms with van der Waals surface area (Å²) in [5.41, 5.74) is 3.61. The smallest absolute Gasteiger partial charge is 0.280 e. The predicted molar refractivity (Wildman–Crippen MR) is 133 cm³/mol. The quantitative estimate of drug-likeness (QED) is 0.461. The molecule has 0 radical (unpaired) electrons. The lowest BCUT2D eigenvalue weighted by Crippen LogP contribution is -2.25. The zero-order valence-corrected chi connectivity index (χ0v) is 19.8. The van der Waals surface area contributed by atoms with Gasteiger partial charge in [-0.1, -0.05) is 31.5 Å². The summed E-state index contributed by atoms with van der Waals surface area (Å²) < 4.78 is 0. The van der Waals surface area contributed by atoms with E-state index in [4.69, 9.17) is 11.6 Å². The minimum Gasteiger partial charge on any atom is -0.354 e. The van der Waals surface area contributed by atoms with Gasteiger partial charge in [0.2, 0.25) is 0 Å². The summed E-state index contributed by atoms with van der Waals surface area (Å²) in [6, 6.07) is 11.0. The Morgan fingerprint density at radius 2 is 1.88 bits per heavy atom. The molecule has 2 amide bonds. The number of carbonyl (C=O) groups excluding carboxylic acids is 2. The first-order chi connectivity index (χ1) is 15.9. The molecule has 1 aliphatic heterocycles. The molecule has 0 bridgehead atoms. The Morgan fingerprint density at radius 3 is 2.58 bits per heavy atom. The van der Waals surface area contributed by atoms with Crippen LogP contribution in [-0.2, 0) is 0 Å². The fraction of sp³-hybridized carbons (Fsp3) is 0.400. The minimum atomic E-state index is -0.279. The van der Waals surface area contributed by atoms with E-state index in [0.29, 0.717) is 46.2 Å². The van der Waals surface area contributed by atoms with E-state index in [-0.39, 0.29) is 11.8 Å².